The predicted molar refractivity (Wildman–Crippen MR) is 63.5 cm³/mol. The zero-order valence-electron chi connectivity index (χ0n) is 10.0. The summed E-state index contributed by atoms with van der Waals surface area (Å²) in [5.41, 5.74) is 0.227. The van der Waals surface area contributed by atoms with Crippen molar-refractivity contribution in [3.05, 3.63) is 59.4 Å². The Morgan fingerprint density at radius 3 is 2.37 bits per heavy atom. The van der Waals surface area contributed by atoms with E-state index in [2.05, 4.69) is 0 Å². The van der Waals surface area contributed by atoms with Crippen molar-refractivity contribution in [1.82, 2.24) is 0 Å². The van der Waals surface area contributed by atoms with Gasteiger partial charge >= 0.3 is 0 Å². The summed E-state index contributed by atoms with van der Waals surface area (Å²) in [6.45, 7) is 1.45. The number of aliphatic hydroxyl groups is 1. The topological polar surface area (TPSA) is 29.5 Å². The fourth-order valence-corrected chi connectivity index (χ4v) is 1.61. The average molecular weight is 268 g/mol. The molecular formula is C14H11F3O2. The normalized spacial score (nSPS) is 12.3. The Morgan fingerprint density at radius 2 is 1.74 bits per heavy atom. The number of hydrogen-bond donors (Lipinski definition) is 1. The van der Waals surface area contributed by atoms with Crippen LogP contribution in [0.4, 0.5) is 13.2 Å². The molecule has 100 valence electrons. The molecule has 0 unspecified atom stereocenters. The van der Waals surface area contributed by atoms with Crippen molar-refractivity contribution in [2.75, 3.05) is 0 Å². The zero-order chi connectivity index (χ0) is 14.0. The molecule has 0 bridgehead atoms. The minimum atomic E-state index is -1.04. The molecule has 0 spiro atoms. The number of halogens is 3. The lowest BCUT2D eigenvalue weighted by Crippen LogP contribution is -1.97. The Balaban J connectivity index is 2.35. The average Bonchev–Trinajstić information content (AvgIpc) is 2.36. The molecule has 0 fully saturated rings. The van der Waals surface area contributed by atoms with Crippen molar-refractivity contribution in [1.29, 1.82) is 0 Å². The van der Waals surface area contributed by atoms with Crippen molar-refractivity contribution in [2.45, 2.75) is 13.0 Å². The van der Waals surface area contributed by atoms with Gasteiger partial charge in [-0.15, -0.1) is 0 Å². The maximum atomic E-state index is 13.1. The molecule has 19 heavy (non-hydrogen) atoms. The van der Waals surface area contributed by atoms with Gasteiger partial charge in [0.15, 0.2) is 11.6 Å². The molecule has 5 heteroatoms. The third-order valence-corrected chi connectivity index (χ3v) is 2.54. The maximum Gasteiger partial charge on any atom is 0.162 e. The van der Waals surface area contributed by atoms with Crippen LogP contribution < -0.4 is 4.74 Å². The van der Waals surface area contributed by atoms with E-state index in [0.29, 0.717) is 0 Å². The minimum absolute atomic E-state index is 0.0624. The van der Waals surface area contributed by atoms with Gasteiger partial charge < -0.3 is 9.84 Å². The van der Waals surface area contributed by atoms with Crippen molar-refractivity contribution in [3.8, 4) is 11.5 Å². The molecule has 1 atom stereocenters. The Morgan fingerprint density at radius 1 is 1.00 bits per heavy atom. The van der Waals surface area contributed by atoms with Crippen LogP contribution in [0, 0.1) is 17.5 Å². The lowest BCUT2D eigenvalue weighted by molar-refractivity contribution is 0.195. The third kappa shape index (κ3) is 3.06. The SMILES string of the molecule is C[C@@H](O)c1cc(F)ccc1Oc1ccc(F)c(F)c1. The Bertz CT molecular complexity index is 597. The Hall–Kier alpha value is -2.01. The standard InChI is InChI=1S/C14H11F3O2/c1-8(18)11-6-9(15)2-5-14(11)19-10-3-4-12(16)13(17)7-10/h2-8,18H,1H3/t8-/m1/s1. The molecule has 1 N–H and O–H groups in total. The smallest absolute Gasteiger partial charge is 0.162 e. The van der Waals surface area contributed by atoms with Gasteiger partial charge in [-0.2, -0.15) is 0 Å². The first-order valence-electron chi connectivity index (χ1n) is 5.58. The summed E-state index contributed by atoms with van der Waals surface area (Å²) in [7, 11) is 0. The molecule has 0 saturated heterocycles. The van der Waals surface area contributed by atoms with E-state index in [0.717, 1.165) is 24.3 Å². The second-order valence-corrected chi connectivity index (χ2v) is 4.04. The van der Waals surface area contributed by atoms with Crippen molar-refractivity contribution in [2.24, 2.45) is 0 Å². The van der Waals surface area contributed by atoms with E-state index in [9.17, 15) is 18.3 Å². The van der Waals surface area contributed by atoms with Gasteiger partial charge in [-0.05, 0) is 37.3 Å². The number of benzene rings is 2. The summed E-state index contributed by atoms with van der Waals surface area (Å²) in [5.74, 6) is -2.30. The predicted octanol–water partition coefficient (Wildman–Crippen LogP) is 3.95. The monoisotopic (exact) mass is 268 g/mol. The summed E-state index contributed by atoms with van der Waals surface area (Å²) in [6.07, 6.45) is -0.948. The quantitative estimate of drug-likeness (QED) is 0.913. The fraction of sp³-hybridized carbons (Fsp3) is 0.143. The first-order valence-corrected chi connectivity index (χ1v) is 5.58. The lowest BCUT2D eigenvalue weighted by Gasteiger charge is -2.13. The van der Waals surface area contributed by atoms with Crippen LogP contribution in [0.3, 0.4) is 0 Å². The summed E-state index contributed by atoms with van der Waals surface area (Å²) in [4.78, 5) is 0. The summed E-state index contributed by atoms with van der Waals surface area (Å²) in [5, 5.41) is 9.52. The number of ether oxygens (including phenoxy) is 1. The van der Waals surface area contributed by atoms with E-state index in [4.69, 9.17) is 4.74 Å². The van der Waals surface area contributed by atoms with Gasteiger partial charge in [0.05, 0.1) is 6.10 Å². The van der Waals surface area contributed by atoms with Crippen LogP contribution in [0.2, 0.25) is 0 Å². The largest absolute Gasteiger partial charge is 0.457 e. The first kappa shape index (κ1) is 13.4. The van der Waals surface area contributed by atoms with Crippen molar-refractivity contribution < 1.29 is 23.0 Å². The van der Waals surface area contributed by atoms with E-state index >= 15 is 0 Å². The maximum absolute atomic E-state index is 13.1. The van der Waals surface area contributed by atoms with E-state index < -0.39 is 23.6 Å². The van der Waals surface area contributed by atoms with Crippen LogP contribution in [0.1, 0.15) is 18.6 Å². The summed E-state index contributed by atoms with van der Waals surface area (Å²) in [6, 6.07) is 6.65. The van der Waals surface area contributed by atoms with Crippen LogP contribution in [-0.2, 0) is 0 Å². The van der Waals surface area contributed by atoms with Gasteiger partial charge in [0.1, 0.15) is 17.3 Å². The van der Waals surface area contributed by atoms with Crippen LogP contribution in [0.25, 0.3) is 0 Å². The molecule has 2 aromatic carbocycles. The van der Waals surface area contributed by atoms with Gasteiger partial charge in [0.2, 0.25) is 0 Å². The van der Waals surface area contributed by atoms with Crippen LogP contribution in [0.15, 0.2) is 36.4 Å². The Kier molecular flexibility index (Phi) is 3.76. The van der Waals surface area contributed by atoms with Gasteiger partial charge in [-0.3, -0.25) is 0 Å². The highest BCUT2D eigenvalue weighted by Gasteiger charge is 2.12. The number of aliphatic hydroxyl groups excluding tert-OH is 1. The number of rotatable bonds is 3. The highest BCUT2D eigenvalue weighted by molar-refractivity contribution is 5.39. The molecule has 2 aromatic rings. The second kappa shape index (κ2) is 5.32. The molecule has 0 aliphatic rings. The van der Waals surface area contributed by atoms with Gasteiger partial charge in [0, 0.05) is 11.6 Å². The molecule has 0 aliphatic carbocycles. The molecule has 0 saturated carbocycles. The minimum Gasteiger partial charge on any atom is -0.457 e. The fourth-order valence-electron chi connectivity index (χ4n) is 1.61. The van der Waals surface area contributed by atoms with Gasteiger partial charge in [0.25, 0.3) is 0 Å². The Labute approximate surface area is 108 Å². The summed E-state index contributed by atoms with van der Waals surface area (Å²) >= 11 is 0. The van der Waals surface area contributed by atoms with E-state index in [1.807, 2.05) is 0 Å². The third-order valence-electron chi connectivity index (χ3n) is 2.54. The molecule has 0 aromatic heterocycles. The second-order valence-electron chi connectivity index (χ2n) is 4.04. The lowest BCUT2D eigenvalue weighted by atomic mass is 10.1. The molecule has 2 nitrogen and oxygen atoms in total. The van der Waals surface area contributed by atoms with Crippen LogP contribution in [0.5, 0.6) is 11.5 Å². The van der Waals surface area contributed by atoms with E-state index in [1.165, 1.54) is 19.1 Å². The van der Waals surface area contributed by atoms with Crippen molar-refractivity contribution >= 4 is 0 Å². The molecule has 0 amide bonds. The highest BCUT2D eigenvalue weighted by atomic mass is 19.2. The summed E-state index contributed by atoms with van der Waals surface area (Å²) < 4.78 is 44.2. The molecule has 0 aliphatic heterocycles. The van der Waals surface area contributed by atoms with Crippen LogP contribution in [-0.4, -0.2) is 5.11 Å². The van der Waals surface area contributed by atoms with Gasteiger partial charge in [-0.1, -0.05) is 0 Å². The highest BCUT2D eigenvalue weighted by Crippen LogP contribution is 2.30. The molecular weight excluding hydrogens is 257 g/mol. The van der Waals surface area contributed by atoms with E-state index in [-0.39, 0.29) is 17.1 Å². The molecule has 0 heterocycles. The first-order chi connectivity index (χ1) is 8.97. The van der Waals surface area contributed by atoms with E-state index in [1.54, 1.807) is 0 Å². The van der Waals surface area contributed by atoms with Crippen molar-refractivity contribution in [3.63, 3.8) is 0 Å². The van der Waals surface area contributed by atoms with Crippen LogP contribution >= 0.6 is 0 Å². The molecule has 0 radical (unpaired) electrons. The zero-order valence-corrected chi connectivity index (χ0v) is 10.0. The molecule has 2 rings (SSSR count). The number of hydrogen-bond acceptors (Lipinski definition) is 2. The van der Waals surface area contributed by atoms with Gasteiger partial charge in [-0.25, -0.2) is 13.2 Å².